The van der Waals surface area contributed by atoms with Crippen molar-refractivity contribution < 1.29 is 66.3 Å². The van der Waals surface area contributed by atoms with Crippen molar-refractivity contribution in [3.05, 3.63) is 0 Å². The van der Waals surface area contributed by atoms with Gasteiger partial charge in [-0.1, -0.05) is 11.8 Å². The van der Waals surface area contributed by atoms with Gasteiger partial charge in [0.05, 0.1) is 5.75 Å². The summed E-state index contributed by atoms with van der Waals surface area (Å²) in [5, 5.41) is -6.38. The van der Waals surface area contributed by atoms with E-state index in [1.807, 2.05) is 0 Å². The lowest BCUT2D eigenvalue weighted by atomic mass is 10.0. The highest BCUT2D eigenvalue weighted by Crippen LogP contribution is 2.54. The van der Waals surface area contributed by atoms with E-state index in [-0.39, 0.29) is 0 Å². The lowest BCUT2D eigenvalue weighted by Gasteiger charge is -2.31. The maximum absolute atomic E-state index is 13.1. The quantitative estimate of drug-likeness (QED) is 0.611. The van der Waals surface area contributed by atoms with Gasteiger partial charge in [-0.05, 0) is 0 Å². The number of ketones is 1. The summed E-state index contributed by atoms with van der Waals surface area (Å²) < 4.78 is 171. The lowest BCUT2D eigenvalue weighted by molar-refractivity contribution is -0.324. The molecule has 0 spiro atoms. The Morgan fingerprint density at radius 2 is 0.875 bits per heavy atom. The normalized spacial score (nSPS) is 15.6. The van der Waals surface area contributed by atoms with Gasteiger partial charge in [0.15, 0.2) is 5.78 Å². The predicted octanol–water partition coefficient (Wildman–Crippen LogP) is 4.91. The van der Waals surface area contributed by atoms with Gasteiger partial charge in [-0.15, -0.1) is 0 Å². The second-order valence-corrected chi connectivity index (χ2v) is 5.10. The lowest BCUT2D eigenvalue weighted by Crippen LogP contribution is -2.60. The first-order chi connectivity index (χ1) is 10.1. The van der Waals surface area contributed by atoms with Crippen LogP contribution < -0.4 is 0 Å². The summed E-state index contributed by atoms with van der Waals surface area (Å²) in [6, 6.07) is 0. The zero-order valence-electron chi connectivity index (χ0n) is 10.3. The molecule has 0 aliphatic heterocycles. The van der Waals surface area contributed by atoms with Crippen LogP contribution in [-0.2, 0) is 4.79 Å². The van der Waals surface area contributed by atoms with E-state index in [0.29, 0.717) is 0 Å². The Morgan fingerprint density at radius 3 is 1.08 bits per heavy atom. The average molecular weight is 412 g/mol. The summed E-state index contributed by atoms with van der Waals surface area (Å²) in [6.07, 6.45) is -27.8. The molecule has 0 aromatic heterocycles. The molecule has 0 rings (SSSR count). The first kappa shape index (κ1) is 23.0. The smallest absolute Gasteiger partial charge is 0.294 e. The molecule has 16 heteroatoms. The van der Waals surface area contributed by atoms with Crippen LogP contribution in [0.1, 0.15) is 0 Å². The maximum atomic E-state index is 13.1. The van der Waals surface area contributed by atoms with E-state index in [2.05, 4.69) is 0 Å². The van der Waals surface area contributed by atoms with E-state index in [9.17, 15) is 66.3 Å². The molecule has 0 aromatic carbocycles. The van der Waals surface area contributed by atoms with Crippen LogP contribution in [0.3, 0.4) is 0 Å². The molecule has 0 aliphatic carbocycles. The van der Waals surface area contributed by atoms with Crippen molar-refractivity contribution in [2.45, 2.75) is 35.4 Å². The summed E-state index contributed by atoms with van der Waals surface area (Å²) in [7, 11) is 0. The van der Waals surface area contributed by atoms with Gasteiger partial charge < -0.3 is 0 Å². The Bertz CT molecular complexity index is 439. The number of Topliss-reactive ketones (excluding diaryl/α,β-unsaturated/α-hetero) is 1. The molecule has 144 valence electrons. The van der Waals surface area contributed by atoms with Crippen LogP contribution in [0, 0.1) is 0 Å². The zero-order valence-corrected chi connectivity index (χ0v) is 11.1. The van der Waals surface area contributed by atoms with Crippen molar-refractivity contribution in [1.82, 2.24) is 0 Å². The van der Waals surface area contributed by atoms with Gasteiger partial charge in [-0.3, -0.25) is 4.79 Å². The molecular formula is C8H2F14OS. The van der Waals surface area contributed by atoms with Crippen LogP contribution in [0.5, 0.6) is 0 Å². The fourth-order valence-electron chi connectivity index (χ4n) is 1.07. The monoisotopic (exact) mass is 412 g/mol. The first-order valence-corrected chi connectivity index (χ1v) is 5.93. The molecule has 0 aromatic rings. The molecule has 1 nitrogen and oxygen atoms in total. The third-order valence-electron chi connectivity index (χ3n) is 2.30. The second kappa shape index (κ2) is 6.09. The molecule has 0 unspecified atom stereocenters. The Morgan fingerprint density at radius 1 is 0.583 bits per heavy atom. The van der Waals surface area contributed by atoms with Crippen molar-refractivity contribution in [2.75, 3.05) is 5.75 Å². The number of carbonyl (C=O) groups is 1. The molecule has 0 saturated heterocycles. The fourth-order valence-corrected chi connectivity index (χ4v) is 1.92. The van der Waals surface area contributed by atoms with Gasteiger partial charge in [-0.25, -0.2) is 8.78 Å². The van der Waals surface area contributed by atoms with Crippen LogP contribution in [0.25, 0.3) is 0 Å². The van der Waals surface area contributed by atoms with E-state index in [1.54, 1.807) is 0 Å². The van der Waals surface area contributed by atoms with Crippen molar-refractivity contribution in [1.29, 1.82) is 0 Å². The SMILES string of the molecule is O=C(CSC(F)(C(F)(F)F)C(F)(F)F)C(F)(C(F)(F)F)C(F)(F)F. The number of halogens is 14. The van der Waals surface area contributed by atoms with Gasteiger partial charge >= 0.3 is 35.4 Å². The number of rotatable bonds is 4. The third kappa shape index (κ3) is 3.82. The van der Waals surface area contributed by atoms with Gasteiger partial charge in [0.25, 0.3) is 0 Å². The Kier molecular flexibility index (Phi) is 5.84. The van der Waals surface area contributed by atoms with Crippen LogP contribution in [0.2, 0.25) is 0 Å². The summed E-state index contributed by atoms with van der Waals surface area (Å²) in [6.45, 7) is 0. The van der Waals surface area contributed by atoms with E-state index >= 15 is 0 Å². The molecule has 0 N–H and O–H groups in total. The third-order valence-corrected chi connectivity index (χ3v) is 3.56. The molecular weight excluding hydrogens is 410 g/mol. The molecule has 0 amide bonds. The van der Waals surface area contributed by atoms with Crippen molar-refractivity contribution in [2.24, 2.45) is 0 Å². The standard InChI is InChI=1S/C8H2F14OS/c9-3(5(11,12)13,6(14,15)16)2(23)1-24-4(10,7(17,18)19)8(20,21)22/h1H2. The van der Waals surface area contributed by atoms with E-state index in [4.69, 9.17) is 0 Å². The average Bonchev–Trinajstić information content (AvgIpc) is 2.28. The van der Waals surface area contributed by atoms with E-state index < -0.39 is 58.7 Å². The van der Waals surface area contributed by atoms with Crippen LogP contribution in [-0.4, -0.2) is 46.9 Å². The van der Waals surface area contributed by atoms with Crippen molar-refractivity contribution in [3.8, 4) is 0 Å². The Hall–Kier alpha value is -0.960. The number of thioether (sulfide) groups is 1. The van der Waals surface area contributed by atoms with Gasteiger partial charge in [-0.2, -0.15) is 52.7 Å². The number of carbonyl (C=O) groups excluding carboxylic acids is 1. The zero-order chi connectivity index (χ0) is 20.0. The minimum atomic E-state index is -7.04. The number of hydrogen-bond donors (Lipinski definition) is 0. The molecule has 0 heterocycles. The van der Waals surface area contributed by atoms with Gasteiger partial charge in [0.1, 0.15) is 0 Å². The van der Waals surface area contributed by atoms with Crippen LogP contribution in [0.4, 0.5) is 61.5 Å². The topological polar surface area (TPSA) is 17.1 Å². The summed E-state index contributed by atoms with van der Waals surface area (Å²) in [4.78, 5) is 10.7. The second-order valence-electron chi connectivity index (χ2n) is 3.96. The molecule has 0 saturated carbocycles. The maximum Gasteiger partial charge on any atom is 0.441 e. The van der Waals surface area contributed by atoms with Crippen molar-refractivity contribution >= 4 is 17.5 Å². The van der Waals surface area contributed by atoms with Gasteiger partial charge in [0, 0.05) is 0 Å². The Labute approximate surface area is 126 Å². The van der Waals surface area contributed by atoms with Crippen LogP contribution >= 0.6 is 11.8 Å². The van der Waals surface area contributed by atoms with E-state index in [0.717, 1.165) is 0 Å². The molecule has 0 atom stereocenters. The highest BCUT2D eigenvalue weighted by Gasteiger charge is 2.78. The summed E-state index contributed by atoms with van der Waals surface area (Å²) >= 11 is -2.30. The largest absolute Gasteiger partial charge is 0.441 e. The van der Waals surface area contributed by atoms with E-state index in [1.165, 1.54) is 0 Å². The highest BCUT2D eigenvalue weighted by molar-refractivity contribution is 8.01. The predicted molar refractivity (Wildman–Crippen MR) is 49.4 cm³/mol. The fraction of sp³-hybridized carbons (Fsp3) is 0.875. The van der Waals surface area contributed by atoms with Gasteiger partial charge in [0.2, 0.25) is 0 Å². The molecule has 0 aliphatic rings. The molecule has 24 heavy (non-hydrogen) atoms. The summed E-state index contributed by atoms with van der Waals surface area (Å²) in [5.74, 6) is -6.83. The highest BCUT2D eigenvalue weighted by atomic mass is 32.2. The number of hydrogen-bond acceptors (Lipinski definition) is 2. The van der Waals surface area contributed by atoms with Crippen LogP contribution in [0.15, 0.2) is 0 Å². The summed E-state index contributed by atoms with van der Waals surface area (Å²) in [5.41, 5.74) is -6.76. The Balaban J connectivity index is 5.73. The minimum Gasteiger partial charge on any atom is -0.294 e. The first-order valence-electron chi connectivity index (χ1n) is 4.95. The molecule has 0 bridgehead atoms. The minimum absolute atomic E-state index is 2.30. The van der Waals surface area contributed by atoms with Crippen molar-refractivity contribution in [3.63, 3.8) is 0 Å². The molecule has 0 radical (unpaired) electrons. The number of alkyl halides is 14. The molecule has 0 fully saturated rings.